The van der Waals surface area contributed by atoms with Crippen LogP contribution in [-0.2, 0) is 0 Å². The van der Waals surface area contributed by atoms with Gasteiger partial charge in [-0.25, -0.2) is 9.78 Å². The fraction of sp³-hybridized carbons (Fsp3) is 0. The second-order valence-corrected chi connectivity index (χ2v) is 5.18. The summed E-state index contributed by atoms with van der Waals surface area (Å²) in [5.41, 5.74) is -0.0140. The van der Waals surface area contributed by atoms with Crippen LogP contribution in [0.25, 0.3) is 10.8 Å². The van der Waals surface area contributed by atoms with Crippen molar-refractivity contribution in [2.24, 2.45) is 0 Å². The maximum atomic E-state index is 10.8. The SMILES string of the molecule is O=C(O)c1ccc(Oc2ccc3ccccc3c2Br)cn1. The van der Waals surface area contributed by atoms with Crippen molar-refractivity contribution in [3.63, 3.8) is 0 Å². The fourth-order valence-electron chi connectivity index (χ4n) is 1.99. The average Bonchev–Trinajstić information content (AvgIpc) is 2.51. The van der Waals surface area contributed by atoms with Crippen LogP contribution in [0.2, 0.25) is 0 Å². The molecule has 1 aromatic heterocycles. The van der Waals surface area contributed by atoms with Gasteiger partial charge in [-0.05, 0) is 44.9 Å². The van der Waals surface area contributed by atoms with E-state index in [9.17, 15) is 4.79 Å². The number of aromatic carboxylic acids is 1. The summed E-state index contributed by atoms with van der Waals surface area (Å²) in [5, 5.41) is 11.0. The van der Waals surface area contributed by atoms with Gasteiger partial charge in [-0.2, -0.15) is 0 Å². The van der Waals surface area contributed by atoms with Crippen molar-refractivity contribution in [1.29, 1.82) is 0 Å². The molecule has 0 amide bonds. The van der Waals surface area contributed by atoms with Crippen molar-refractivity contribution in [3.05, 3.63) is 64.9 Å². The lowest BCUT2D eigenvalue weighted by Gasteiger charge is -2.09. The lowest BCUT2D eigenvalue weighted by atomic mass is 10.1. The number of rotatable bonds is 3. The van der Waals surface area contributed by atoms with E-state index in [1.54, 1.807) is 6.07 Å². The quantitative estimate of drug-likeness (QED) is 0.761. The van der Waals surface area contributed by atoms with E-state index in [0.717, 1.165) is 15.2 Å². The number of benzene rings is 2. The van der Waals surface area contributed by atoms with Crippen molar-refractivity contribution in [2.75, 3.05) is 0 Å². The summed E-state index contributed by atoms with van der Waals surface area (Å²) in [6, 6.07) is 14.8. The Morgan fingerprint density at radius 1 is 1.10 bits per heavy atom. The molecule has 21 heavy (non-hydrogen) atoms. The third kappa shape index (κ3) is 2.73. The molecular weight excluding hydrogens is 334 g/mol. The van der Waals surface area contributed by atoms with Crippen LogP contribution in [-0.4, -0.2) is 16.1 Å². The second kappa shape index (κ2) is 5.54. The van der Waals surface area contributed by atoms with Crippen LogP contribution in [0.15, 0.2) is 59.2 Å². The molecule has 0 unspecified atom stereocenters. The molecule has 1 N–H and O–H groups in total. The first-order chi connectivity index (χ1) is 10.1. The van der Waals surface area contributed by atoms with E-state index in [2.05, 4.69) is 20.9 Å². The van der Waals surface area contributed by atoms with Gasteiger partial charge in [0.25, 0.3) is 0 Å². The van der Waals surface area contributed by atoms with Gasteiger partial charge in [-0.15, -0.1) is 0 Å². The molecule has 3 rings (SSSR count). The molecule has 3 aromatic rings. The molecule has 0 saturated carbocycles. The highest BCUT2D eigenvalue weighted by Crippen LogP contribution is 2.35. The van der Waals surface area contributed by atoms with Crippen molar-refractivity contribution in [1.82, 2.24) is 4.98 Å². The van der Waals surface area contributed by atoms with E-state index < -0.39 is 5.97 Å². The van der Waals surface area contributed by atoms with Crippen LogP contribution in [0.4, 0.5) is 0 Å². The Morgan fingerprint density at radius 3 is 2.62 bits per heavy atom. The minimum atomic E-state index is -1.06. The summed E-state index contributed by atoms with van der Waals surface area (Å²) >= 11 is 3.54. The molecule has 0 radical (unpaired) electrons. The Balaban J connectivity index is 1.94. The fourth-order valence-corrected chi connectivity index (χ4v) is 2.56. The highest BCUT2D eigenvalue weighted by molar-refractivity contribution is 9.10. The van der Waals surface area contributed by atoms with Crippen LogP contribution in [0, 0.1) is 0 Å². The number of carbonyl (C=O) groups is 1. The van der Waals surface area contributed by atoms with E-state index in [1.807, 2.05) is 36.4 Å². The summed E-state index contributed by atoms with van der Waals surface area (Å²) < 4.78 is 6.60. The predicted molar refractivity (Wildman–Crippen MR) is 82.9 cm³/mol. The van der Waals surface area contributed by atoms with Gasteiger partial charge in [0.05, 0.1) is 10.7 Å². The number of carboxylic acids is 1. The first-order valence-corrected chi connectivity index (χ1v) is 6.99. The van der Waals surface area contributed by atoms with Gasteiger partial charge >= 0.3 is 5.97 Å². The predicted octanol–water partition coefficient (Wildman–Crippen LogP) is 4.49. The molecule has 0 aliphatic rings. The molecule has 5 heteroatoms. The van der Waals surface area contributed by atoms with Crippen LogP contribution >= 0.6 is 15.9 Å². The standard InChI is InChI=1S/C16H10BrNO3/c17-15-12-4-2-1-3-10(12)5-8-14(15)21-11-6-7-13(16(19)20)18-9-11/h1-9H,(H,19,20). The normalized spacial score (nSPS) is 10.5. The Labute approximate surface area is 129 Å². The zero-order chi connectivity index (χ0) is 14.8. The smallest absolute Gasteiger partial charge is 0.354 e. The summed E-state index contributed by atoms with van der Waals surface area (Å²) in [4.78, 5) is 14.6. The largest absolute Gasteiger partial charge is 0.477 e. The molecule has 0 spiro atoms. The summed E-state index contributed by atoms with van der Waals surface area (Å²) in [5.74, 6) is 0.0722. The highest BCUT2D eigenvalue weighted by atomic mass is 79.9. The van der Waals surface area contributed by atoms with E-state index in [1.165, 1.54) is 12.3 Å². The zero-order valence-electron chi connectivity index (χ0n) is 10.8. The van der Waals surface area contributed by atoms with Gasteiger partial charge in [0.15, 0.2) is 0 Å². The Morgan fingerprint density at radius 2 is 1.90 bits per heavy atom. The van der Waals surface area contributed by atoms with Crippen LogP contribution in [0.5, 0.6) is 11.5 Å². The molecular formula is C16H10BrNO3. The third-order valence-corrected chi connectivity index (χ3v) is 3.83. The van der Waals surface area contributed by atoms with Gasteiger partial charge < -0.3 is 9.84 Å². The van der Waals surface area contributed by atoms with Crippen LogP contribution < -0.4 is 4.74 Å². The Kier molecular flexibility index (Phi) is 3.58. The number of hydrogen-bond acceptors (Lipinski definition) is 3. The number of carboxylic acid groups (broad SMARTS) is 1. The molecule has 0 aliphatic heterocycles. The molecule has 0 bridgehead atoms. The second-order valence-electron chi connectivity index (χ2n) is 4.39. The van der Waals surface area contributed by atoms with Crippen LogP contribution in [0.3, 0.4) is 0 Å². The minimum absolute atomic E-state index is 0.0140. The number of pyridine rings is 1. The summed E-state index contributed by atoms with van der Waals surface area (Å²) in [6.45, 7) is 0. The lowest BCUT2D eigenvalue weighted by Crippen LogP contribution is -1.99. The van der Waals surface area contributed by atoms with E-state index in [-0.39, 0.29) is 5.69 Å². The first kappa shape index (κ1) is 13.6. The third-order valence-electron chi connectivity index (χ3n) is 3.01. The van der Waals surface area contributed by atoms with E-state index in [4.69, 9.17) is 9.84 Å². The zero-order valence-corrected chi connectivity index (χ0v) is 12.4. The highest BCUT2D eigenvalue weighted by Gasteiger charge is 2.08. The van der Waals surface area contributed by atoms with Crippen molar-refractivity contribution in [3.8, 4) is 11.5 Å². The molecule has 0 saturated heterocycles. The lowest BCUT2D eigenvalue weighted by molar-refractivity contribution is 0.0690. The van der Waals surface area contributed by atoms with E-state index >= 15 is 0 Å². The minimum Gasteiger partial charge on any atom is -0.477 e. The molecule has 104 valence electrons. The maximum absolute atomic E-state index is 10.8. The topological polar surface area (TPSA) is 59.4 Å². The number of ether oxygens (including phenoxy) is 1. The van der Waals surface area contributed by atoms with Crippen molar-refractivity contribution < 1.29 is 14.6 Å². The maximum Gasteiger partial charge on any atom is 0.354 e. The van der Waals surface area contributed by atoms with Gasteiger partial charge in [-0.1, -0.05) is 30.3 Å². The van der Waals surface area contributed by atoms with E-state index in [0.29, 0.717) is 11.5 Å². The molecule has 2 aromatic carbocycles. The molecule has 0 aliphatic carbocycles. The molecule has 4 nitrogen and oxygen atoms in total. The Bertz CT molecular complexity index is 815. The average molecular weight is 344 g/mol. The molecule has 1 heterocycles. The van der Waals surface area contributed by atoms with Crippen molar-refractivity contribution >= 4 is 32.7 Å². The summed E-state index contributed by atoms with van der Waals surface area (Å²) in [6.07, 6.45) is 1.39. The number of halogens is 1. The van der Waals surface area contributed by atoms with Crippen molar-refractivity contribution in [2.45, 2.75) is 0 Å². The summed E-state index contributed by atoms with van der Waals surface area (Å²) in [7, 11) is 0. The monoisotopic (exact) mass is 343 g/mol. The van der Waals surface area contributed by atoms with Gasteiger partial charge in [-0.3, -0.25) is 0 Å². The first-order valence-electron chi connectivity index (χ1n) is 6.19. The number of aromatic nitrogens is 1. The van der Waals surface area contributed by atoms with Gasteiger partial charge in [0.2, 0.25) is 0 Å². The molecule has 0 atom stereocenters. The number of hydrogen-bond donors (Lipinski definition) is 1. The van der Waals surface area contributed by atoms with Crippen LogP contribution in [0.1, 0.15) is 10.5 Å². The Hall–Kier alpha value is -2.40. The van der Waals surface area contributed by atoms with Gasteiger partial charge in [0, 0.05) is 0 Å². The number of nitrogens with zero attached hydrogens (tertiary/aromatic N) is 1. The van der Waals surface area contributed by atoms with Gasteiger partial charge in [0.1, 0.15) is 17.2 Å². The number of fused-ring (bicyclic) bond motifs is 1. The molecule has 0 fully saturated rings.